The highest BCUT2D eigenvalue weighted by Gasteiger charge is 2.08. The maximum Gasteiger partial charge on any atom is 0.161 e. The Morgan fingerprint density at radius 1 is 0.875 bits per heavy atom. The van der Waals surface area contributed by atoms with E-state index in [2.05, 4.69) is 22.4 Å². The number of aliphatic hydroxyl groups excluding tert-OH is 1. The number of ether oxygens (including phenoxy) is 3. The Labute approximate surface area is 189 Å². The van der Waals surface area contributed by atoms with Crippen LogP contribution in [-0.2, 0) is 0 Å². The first-order chi connectivity index (χ1) is 15.7. The van der Waals surface area contributed by atoms with Gasteiger partial charge >= 0.3 is 0 Å². The molecule has 1 atom stereocenters. The van der Waals surface area contributed by atoms with Crippen molar-refractivity contribution in [2.75, 3.05) is 33.4 Å². The lowest BCUT2D eigenvalue weighted by atomic mass is 10.1. The first kappa shape index (κ1) is 23.4. The van der Waals surface area contributed by atoms with E-state index >= 15 is 0 Å². The van der Waals surface area contributed by atoms with E-state index in [0.717, 1.165) is 27.6 Å². The maximum absolute atomic E-state index is 10.2. The Hall–Kier alpha value is -3.22. The predicted molar refractivity (Wildman–Crippen MR) is 130 cm³/mol. The molecule has 0 fully saturated rings. The molecule has 3 aromatic carbocycles. The van der Waals surface area contributed by atoms with Crippen molar-refractivity contribution in [1.29, 1.82) is 0 Å². The molecule has 6 nitrogen and oxygen atoms in total. The minimum Gasteiger partial charge on any atom is -0.493 e. The van der Waals surface area contributed by atoms with Crippen molar-refractivity contribution in [2.45, 2.75) is 20.0 Å². The van der Waals surface area contributed by atoms with Crippen LogP contribution in [0.3, 0.4) is 0 Å². The smallest absolute Gasteiger partial charge is 0.161 e. The zero-order chi connectivity index (χ0) is 22.8. The lowest BCUT2D eigenvalue weighted by Gasteiger charge is -2.14. The van der Waals surface area contributed by atoms with Gasteiger partial charge in [0.1, 0.15) is 25.1 Å². The van der Waals surface area contributed by atoms with Crippen LogP contribution in [0.25, 0.3) is 21.8 Å². The number of benzene rings is 3. The van der Waals surface area contributed by atoms with Crippen LogP contribution in [0.5, 0.6) is 17.2 Å². The number of H-pyrrole nitrogens is 1. The molecule has 0 aliphatic carbocycles. The fourth-order valence-corrected chi connectivity index (χ4v) is 3.41. The van der Waals surface area contributed by atoms with Crippen molar-refractivity contribution in [3.63, 3.8) is 0 Å². The number of aromatic amines is 1. The van der Waals surface area contributed by atoms with E-state index in [1.165, 1.54) is 0 Å². The van der Waals surface area contributed by atoms with Gasteiger partial charge in [-0.2, -0.15) is 0 Å². The normalized spacial score (nSPS) is 11.6. The molecule has 0 aliphatic heterocycles. The van der Waals surface area contributed by atoms with Crippen molar-refractivity contribution >= 4 is 21.8 Å². The van der Waals surface area contributed by atoms with Gasteiger partial charge in [-0.05, 0) is 36.4 Å². The van der Waals surface area contributed by atoms with Crippen molar-refractivity contribution < 1.29 is 19.3 Å². The molecule has 6 heteroatoms. The second-order valence-electron chi connectivity index (χ2n) is 7.05. The molecule has 32 heavy (non-hydrogen) atoms. The third-order valence-electron chi connectivity index (χ3n) is 4.91. The molecule has 0 radical (unpaired) electrons. The number of hydrogen-bond acceptors (Lipinski definition) is 5. The molecular weight excluding hydrogens is 404 g/mol. The van der Waals surface area contributed by atoms with E-state index in [1.807, 2.05) is 68.4 Å². The van der Waals surface area contributed by atoms with Crippen molar-refractivity contribution in [3.05, 3.63) is 66.7 Å². The van der Waals surface area contributed by atoms with Crippen LogP contribution in [0.2, 0.25) is 0 Å². The molecule has 1 heterocycles. The zero-order valence-electron chi connectivity index (χ0n) is 18.9. The van der Waals surface area contributed by atoms with Gasteiger partial charge < -0.3 is 29.6 Å². The second-order valence-corrected chi connectivity index (χ2v) is 7.05. The molecular formula is C26H32N2O4. The summed E-state index contributed by atoms with van der Waals surface area (Å²) in [6, 6.07) is 21.6. The second kappa shape index (κ2) is 12.0. The quantitative estimate of drug-likeness (QED) is 0.312. The van der Waals surface area contributed by atoms with Gasteiger partial charge in [0.15, 0.2) is 11.5 Å². The van der Waals surface area contributed by atoms with Gasteiger partial charge in [0.2, 0.25) is 0 Å². The summed E-state index contributed by atoms with van der Waals surface area (Å²) in [5.74, 6) is 2.15. The summed E-state index contributed by atoms with van der Waals surface area (Å²) in [6.07, 6.45) is -0.616. The standard InChI is InChI=1S/C24H26N2O4.C2H6/c1-28-23-8-4-5-9-24(23)29-13-12-25-15-17(27)16-30-18-10-11-22-20(14-18)19-6-2-3-7-21(19)26-22;1-2/h2-11,14,17,25-27H,12-13,15-16H2,1H3;1-2H3. The van der Waals surface area contributed by atoms with E-state index in [0.29, 0.717) is 31.2 Å². The summed E-state index contributed by atoms with van der Waals surface area (Å²) >= 11 is 0. The number of methoxy groups -OCH3 is 1. The Morgan fingerprint density at radius 2 is 1.59 bits per heavy atom. The molecule has 3 N–H and O–H groups in total. The number of rotatable bonds is 10. The Kier molecular flexibility index (Phi) is 8.78. The van der Waals surface area contributed by atoms with Crippen LogP contribution in [0.15, 0.2) is 66.7 Å². The van der Waals surface area contributed by atoms with Crippen LogP contribution in [-0.4, -0.2) is 49.6 Å². The number of aromatic nitrogens is 1. The molecule has 0 amide bonds. The Bertz CT molecular complexity index is 1110. The van der Waals surface area contributed by atoms with Crippen LogP contribution < -0.4 is 19.5 Å². The number of fused-ring (bicyclic) bond motifs is 3. The maximum atomic E-state index is 10.2. The van der Waals surface area contributed by atoms with Crippen LogP contribution in [0.1, 0.15) is 13.8 Å². The van der Waals surface area contributed by atoms with Crippen molar-refractivity contribution in [2.24, 2.45) is 0 Å². The fraction of sp³-hybridized carbons (Fsp3) is 0.308. The lowest BCUT2D eigenvalue weighted by Crippen LogP contribution is -2.33. The van der Waals surface area contributed by atoms with E-state index in [1.54, 1.807) is 7.11 Å². The van der Waals surface area contributed by atoms with Gasteiger partial charge in [-0.1, -0.05) is 44.2 Å². The van der Waals surface area contributed by atoms with Crippen LogP contribution in [0, 0.1) is 0 Å². The van der Waals surface area contributed by atoms with Gasteiger partial charge in [-0.3, -0.25) is 0 Å². The van der Waals surface area contributed by atoms with E-state index in [-0.39, 0.29) is 6.61 Å². The monoisotopic (exact) mass is 436 g/mol. The third-order valence-corrected chi connectivity index (χ3v) is 4.91. The highest BCUT2D eigenvalue weighted by Crippen LogP contribution is 2.28. The molecule has 4 aromatic rings. The SMILES string of the molecule is CC.COc1ccccc1OCCNCC(O)COc1ccc2[nH]c3ccccc3c2c1. The van der Waals surface area contributed by atoms with Crippen LogP contribution >= 0.6 is 0 Å². The van der Waals surface area contributed by atoms with Gasteiger partial charge in [0, 0.05) is 34.9 Å². The Morgan fingerprint density at radius 3 is 2.41 bits per heavy atom. The first-order valence-electron chi connectivity index (χ1n) is 11.0. The summed E-state index contributed by atoms with van der Waals surface area (Å²) in [6.45, 7) is 5.72. The number of nitrogens with one attached hydrogen (secondary N) is 2. The highest BCUT2D eigenvalue weighted by atomic mass is 16.5. The predicted octanol–water partition coefficient (Wildman–Crippen LogP) is 4.76. The summed E-state index contributed by atoms with van der Waals surface area (Å²) in [7, 11) is 1.62. The summed E-state index contributed by atoms with van der Waals surface area (Å²) < 4.78 is 16.8. The fourth-order valence-electron chi connectivity index (χ4n) is 3.41. The highest BCUT2D eigenvalue weighted by molar-refractivity contribution is 6.07. The average molecular weight is 437 g/mol. The molecule has 170 valence electrons. The first-order valence-corrected chi connectivity index (χ1v) is 11.0. The molecule has 1 unspecified atom stereocenters. The van der Waals surface area contributed by atoms with E-state index in [9.17, 15) is 5.11 Å². The molecule has 0 spiro atoms. The minimum absolute atomic E-state index is 0.216. The lowest BCUT2D eigenvalue weighted by molar-refractivity contribution is 0.105. The third kappa shape index (κ3) is 5.93. The van der Waals surface area contributed by atoms with Crippen LogP contribution in [0.4, 0.5) is 0 Å². The molecule has 0 saturated heterocycles. The molecule has 0 aliphatic rings. The largest absolute Gasteiger partial charge is 0.493 e. The summed E-state index contributed by atoms with van der Waals surface area (Å²) in [5.41, 5.74) is 2.17. The molecule has 0 bridgehead atoms. The van der Waals surface area contributed by atoms with Gasteiger partial charge in [0.05, 0.1) is 7.11 Å². The summed E-state index contributed by atoms with van der Waals surface area (Å²) in [5, 5.41) is 15.7. The van der Waals surface area contributed by atoms with Crippen molar-refractivity contribution in [1.82, 2.24) is 10.3 Å². The van der Waals surface area contributed by atoms with E-state index in [4.69, 9.17) is 14.2 Å². The minimum atomic E-state index is -0.616. The zero-order valence-corrected chi connectivity index (χ0v) is 18.9. The average Bonchev–Trinajstić information content (AvgIpc) is 3.22. The van der Waals surface area contributed by atoms with Gasteiger partial charge in [0.25, 0.3) is 0 Å². The number of para-hydroxylation sites is 3. The molecule has 0 saturated carbocycles. The van der Waals surface area contributed by atoms with E-state index < -0.39 is 6.10 Å². The van der Waals surface area contributed by atoms with Crippen molar-refractivity contribution in [3.8, 4) is 17.2 Å². The number of aliphatic hydroxyl groups is 1. The topological polar surface area (TPSA) is 75.7 Å². The molecule has 4 rings (SSSR count). The molecule has 1 aromatic heterocycles. The van der Waals surface area contributed by atoms with Gasteiger partial charge in [-0.15, -0.1) is 0 Å². The Balaban J connectivity index is 0.00000141. The summed E-state index contributed by atoms with van der Waals surface area (Å²) in [4.78, 5) is 3.39. The van der Waals surface area contributed by atoms with Gasteiger partial charge in [-0.25, -0.2) is 0 Å². The number of hydrogen-bond donors (Lipinski definition) is 3.